The quantitative estimate of drug-likeness (QED) is 0.351. The number of hydrogen-bond acceptors (Lipinski definition) is 4. The van der Waals surface area contributed by atoms with Gasteiger partial charge >= 0.3 is 0 Å². The van der Waals surface area contributed by atoms with Crippen molar-refractivity contribution in [1.82, 2.24) is 16.0 Å². The van der Waals surface area contributed by atoms with Gasteiger partial charge in [-0.1, -0.05) is 6.07 Å². The first-order valence-corrected chi connectivity index (χ1v) is 8.61. The second-order valence-corrected chi connectivity index (χ2v) is 5.93. The molecule has 3 N–H and O–H groups in total. The summed E-state index contributed by atoms with van der Waals surface area (Å²) in [5.41, 5.74) is 1.15. The summed E-state index contributed by atoms with van der Waals surface area (Å²) in [7, 11) is 4.99. The molecule has 7 heteroatoms. The van der Waals surface area contributed by atoms with Gasteiger partial charge in [-0.2, -0.15) is 0 Å². The highest BCUT2D eigenvalue weighted by molar-refractivity contribution is 5.81. The van der Waals surface area contributed by atoms with Crippen LogP contribution in [-0.4, -0.2) is 52.8 Å². The Morgan fingerprint density at radius 2 is 1.76 bits per heavy atom. The molecule has 7 nitrogen and oxygen atoms in total. The van der Waals surface area contributed by atoms with E-state index in [9.17, 15) is 4.79 Å². The number of guanidine groups is 1. The van der Waals surface area contributed by atoms with Crippen LogP contribution in [0, 0.1) is 5.92 Å². The fourth-order valence-electron chi connectivity index (χ4n) is 2.44. The first kappa shape index (κ1) is 18.9. The third-order valence-corrected chi connectivity index (χ3v) is 4.04. The Morgan fingerprint density at radius 1 is 1.08 bits per heavy atom. The van der Waals surface area contributed by atoms with Gasteiger partial charge in [0.1, 0.15) is 0 Å². The van der Waals surface area contributed by atoms with Gasteiger partial charge in [0.2, 0.25) is 5.91 Å². The van der Waals surface area contributed by atoms with Crippen molar-refractivity contribution in [3.05, 3.63) is 23.8 Å². The molecule has 0 atom stereocenters. The second-order valence-electron chi connectivity index (χ2n) is 5.93. The summed E-state index contributed by atoms with van der Waals surface area (Å²) >= 11 is 0. The molecule has 0 bridgehead atoms. The lowest BCUT2D eigenvalue weighted by molar-refractivity contribution is -0.122. The number of rotatable bonds is 9. The summed E-state index contributed by atoms with van der Waals surface area (Å²) in [6.07, 6.45) is 2.89. The lowest BCUT2D eigenvalue weighted by atomic mass is 10.1. The van der Waals surface area contributed by atoms with Crippen molar-refractivity contribution in [2.24, 2.45) is 10.9 Å². The Bertz CT molecular complexity index is 600. The molecule has 2 rings (SSSR count). The molecule has 1 aromatic rings. The van der Waals surface area contributed by atoms with Crippen molar-refractivity contribution in [3.63, 3.8) is 0 Å². The number of nitrogens with one attached hydrogen (secondary N) is 3. The highest BCUT2D eigenvalue weighted by atomic mass is 16.5. The third kappa shape index (κ3) is 6.17. The SMILES string of the molecule is CN=C(NCCNC(=O)C1CC1)NCCc1ccc(OC)c(OC)c1. The van der Waals surface area contributed by atoms with E-state index in [2.05, 4.69) is 20.9 Å². The number of carbonyl (C=O) groups is 1. The lowest BCUT2D eigenvalue weighted by Gasteiger charge is -2.13. The van der Waals surface area contributed by atoms with Gasteiger partial charge in [0.05, 0.1) is 14.2 Å². The zero-order valence-electron chi connectivity index (χ0n) is 15.2. The number of methoxy groups -OCH3 is 2. The molecule has 0 aromatic heterocycles. The first-order valence-electron chi connectivity index (χ1n) is 8.61. The van der Waals surface area contributed by atoms with Crippen molar-refractivity contribution >= 4 is 11.9 Å². The van der Waals surface area contributed by atoms with Gasteiger partial charge in [-0.15, -0.1) is 0 Å². The molecule has 25 heavy (non-hydrogen) atoms. The van der Waals surface area contributed by atoms with E-state index in [-0.39, 0.29) is 11.8 Å². The van der Waals surface area contributed by atoms with E-state index in [4.69, 9.17) is 9.47 Å². The Labute approximate surface area is 149 Å². The molecule has 0 unspecified atom stereocenters. The van der Waals surface area contributed by atoms with Crippen LogP contribution in [0.4, 0.5) is 0 Å². The Morgan fingerprint density at radius 3 is 2.40 bits per heavy atom. The molecule has 0 heterocycles. The Kier molecular flexibility index (Phi) is 7.37. The number of benzene rings is 1. The fourth-order valence-corrected chi connectivity index (χ4v) is 2.44. The minimum absolute atomic E-state index is 0.165. The second kappa shape index (κ2) is 9.76. The standard InChI is InChI=1S/C18H28N4O3/c1-19-18(22-11-10-20-17(23)14-5-6-14)21-9-8-13-4-7-15(24-2)16(12-13)25-3/h4,7,12,14H,5-6,8-11H2,1-3H3,(H,20,23)(H2,19,21,22). The molecular weight excluding hydrogens is 320 g/mol. The summed E-state index contributed by atoms with van der Waals surface area (Å²) in [6, 6.07) is 5.90. The van der Waals surface area contributed by atoms with Crippen molar-refractivity contribution in [3.8, 4) is 11.5 Å². The van der Waals surface area contributed by atoms with Crippen LogP contribution in [0.5, 0.6) is 11.5 Å². The van der Waals surface area contributed by atoms with Crippen LogP contribution in [0.1, 0.15) is 18.4 Å². The lowest BCUT2D eigenvalue weighted by Crippen LogP contribution is -2.42. The summed E-state index contributed by atoms with van der Waals surface area (Å²) in [4.78, 5) is 15.7. The number of hydrogen-bond donors (Lipinski definition) is 3. The summed E-state index contributed by atoms with van der Waals surface area (Å²) in [6.45, 7) is 1.99. The van der Waals surface area contributed by atoms with Gasteiger partial charge in [0.15, 0.2) is 17.5 Å². The average Bonchev–Trinajstić information content (AvgIpc) is 3.48. The predicted molar refractivity (Wildman–Crippen MR) is 98.3 cm³/mol. The molecular formula is C18H28N4O3. The van der Waals surface area contributed by atoms with Crippen LogP contribution in [0.25, 0.3) is 0 Å². The van der Waals surface area contributed by atoms with Crippen molar-refractivity contribution in [2.45, 2.75) is 19.3 Å². The summed E-state index contributed by atoms with van der Waals surface area (Å²) in [5.74, 6) is 2.59. The molecule has 1 aliphatic carbocycles. The largest absolute Gasteiger partial charge is 0.493 e. The maximum Gasteiger partial charge on any atom is 0.223 e. The van der Waals surface area contributed by atoms with Gasteiger partial charge in [0, 0.05) is 32.6 Å². The van der Waals surface area contributed by atoms with Gasteiger partial charge in [-0.25, -0.2) is 0 Å². The highest BCUT2D eigenvalue weighted by Gasteiger charge is 2.28. The third-order valence-electron chi connectivity index (χ3n) is 4.04. The van der Waals surface area contributed by atoms with Crippen molar-refractivity contribution in [1.29, 1.82) is 0 Å². The van der Waals surface area contributed by atoms with E-state index in [1.807, 2.05) is 18.2 Å². The normalized spacial score (nSPS) is 14.0. The van der Waals surface area contributed by atoms with Gasteiger partial charge in [-0.05, 0) is 37.0 Å². The number of carbonyl (C=O) groups excluding carboxylic acids is 1. The maximum absolute atomic E-state index is 11.5. The van der Waals surface area contributed by atoms with E-state index in [1.54, 1.807) is 21.3 Å². The predicted octanol–water partition coefficient (Wildman–Crippen LogP) is 0.938. The van der Waals surface area contributed by atoms with Gasteiger partial charge in [-0.3, -0.25) is 9.79 Å². The van der Waals surface area contributed by atoms with Crippen molar-refractivity contribution < 1.29 is 14.3 Å². The Hall–Kier alpha value is -2.44. The molecule has 1 fully saturated rings. The Balaban J connectivity index is 1.67. The zero-order chi connectivity index (χ0) is 18.1. The molecule has 138 valence electrons. The topological polar surface area (TPSA) is 84.0 Å². The van der Waals surface area contributed by atoms with E-state index in [0.29, 0.717) is 13.1 Å². The average molecular weight is 348 g/mol. The molecule has 0 aliphatic heterocycles. The minimum Gasteiger partial charge on any atom is -0.493 e. The first-order chi connectivity index (χ1) is 12.2. The van der Waals surface area contributed by atoms with Crippen LogP contribution in [0.2, 0.25) is 0 Å². The van der Waals surface area contributed by atoms with E-state index >= 15 is 0 Å². The molecule has 1 amide bonds. The van der Waals surface area contributed by atoms with E-state index < -0.39 is 0 Å². The van der Waals surface area contributed by atoms with Crippen LogP contribution < -0.4 is 25.4 Å². The zero-order valence-corrected chi connectivity index (χ0v) is 15.2. The molecule has 1 aromatic carbocycles. The van der Waals surface area contributed by atoms with E-state index in [0.717, 1.165) is 48.8 Å². The van der Waals surface area contributed by atoms with Crippen molar-refractivity contribution in [2.75, 3.05) is 40.9 Å². The molecule has 1 saturated carbocycles. The van der Waals surface area contributed by atoms with Gasteiger partial charge in [0.25, 0.3) is 0 Å². The maximum atomic E-state index is 11.5. The monoisotopic (exact) mass is 348 g/mol. The molecule has 0 saturated heterocycles. The number of amides is 1. The minimum atomic E-state index is 0.165. The summed E-state index contributed by atoms with van der Waals surface area (Å²) < 4.78 is 10.6. The number of nitrogens with zero attached hydrogens (tertiary/aromatic N) is 1. The van der Waals surface area contributed by atoms with Crippen LogP contribution in [-0.2, 0) is 11.2 Å². The molecule has 1 aliphatic rings. The fraction of sp³-hybridized carbons (Fsp3) is 0.556. The van der Waals surface area contributed by atoms with Crippen LogP contribution in [0.15, 0.2) is 23.2 Å². The van der Waals surface area contributed by atoms with Crippen LogP contribution in [0.3, 0.4) is 0 Å². The number of ether oxygens (including phenoxy) is 2. The van der Waals surface area contributed by atoms with E-state index in [1.165, 1.54) is 0 Å². The highest BCUT2D eigenvalue weighted by Crippen LogP contribution is 2.28. The van der Waals surface area contributed by atoms with Gasteiger partial charge < -0.3 is 25.4 Å². The molecule has 0 radical (unpaired) electrons. The summed E-state index contributed by atoms with van der Waals surface area (Å²) in [5, 5.41) is 9.37. The van der Waals surface area contributed by atoms with Crippen LogP contribution >= 0.6 is 0 Å². The smallest absolute Gasteiger partial charge is 0.223 e. The molecule has 0 spiro atoms. The number of aliphatic imine (C=N–C) groups is 1.